The van der Waals surface area contributed by atoms with E-state index in [-0.39, 0.29) is 17.7 Å². The van der Waals surface area contributed by atoms with Crippen LogP contribution in [0.3, 0.4) is 0 Å². The predicted molar refractivity (Wildman–Crippen MR) is 105 cm³/mol. The van der Waals surface area contributed by atoms with Gasteiger partial charge in [-0.3, -0.25) is 0 Å². The molecule has 0 aliphatic carbocycles. The highest BCUT2D eigenvalue weighted by molar-refractivity contribution is 5.46. The molecule has 3 rings (SSSR count). The monoisotopic (exact) mass is 466 g/mol. The molecule has 3 aromatic rings. The van der Waals surface area contributed by atoms with Crippen LogP contribution in [0.2, 0.25) is 0 Å². The highest BCUT2D eigenvalue weighted by atomic mass is 19.3. The fourth-order valence-electron chi connectivity index (χ4n) is 2.65. The van der Waals surface area contributed by atoms with Crippen molar-refractivity contribution in [2.45, 2.75) is 6.11 Å². The first-order valence-electron chi connectivity index (χ1n) is 9.17. The number of hydrogen-bond acceptors (Lipinski definition) is 2. The number of hydrogen-bond donors (Lipinski definition) is 0. The Morgan fingerprint density at radius 1 is 0.758 bits per heavy atom. The van der Waals surface area contributed by atoms with Crippen molar-refractivity contribution in [3.8, 4) is 23.3 Å². The Balaban J connectivity index is 1.84. The first-order chi connectivity index (χ1) is 15.6. The van der Waals surface area contributed by atoms with Gasteiger partial charge in [0.05, 0.1) is 0 Å². The van der Waals surface area contributed by atoms with Gasteiger partial charge in [0.15, 0.2) is 17.5 Å². The fourth-order valence-corrected chi connectivity index (χ4v) is 2.65. The number of ether oxygens (including phenoxy) is 2. The number of benzene rings is 3. The van der Waals surface area contributed by atoms with Crippen LogP contribution in [0, 0.1) is 40.9 Å². The van der Waals surface area contributed by atoms with Gasteiger partial charge in [-0.15, -0.1) is 0 Å². The molecule has 0 spiro atoms. The molecule has 0 amide bonds. The Kier molecular flexibility index (Phi) is 6.97. The van der Waals surface area contributed by atoms with E-state index in [1.165, 1.54) is 0 Å². The summed E-state index contributed by atoms with van der Waals surface area (Å²) in [6.45, 7) is 3.82. The molecule has 0 aromatic heterocycles. The van der Waals surface area contributed by atoms with Crippen LogP contribution in [0.4, 0.5) is 30.7 Å². The second-order valence-electron chi connectivity index (χ2n) is 6.51. The van der Waals surface area contributed by atoms with E-state index in [4.69, 9.17) is 4.74 Å². The van der Waals surface area contributed by atoms with E-state index >= 15 is 0 Å². The summed E-state index contributed by atoms with van der Waals surface area (Å²) in [4.78, 5) is 0. The van der Waals surface area contributed by atoms with Crippen LogP contribution < -0.4 is 9.47 Å². The van der Waals surface area contributed by atoms with E-state index in [0.29, 0.717) is 30.1 Å². The van der Waals surface area contributed by atoms with Gasteiger partial charge in [0.2, 0.25) is 0 Å². The van der Waals surface area contributed by atoms with Crippen LogP contribution in [0.15, 0.2) is 61.2 Å². The maximum Gasteiger partial charge on any atom is 0.432 e. The van der Waals surface area contributed by atoms with Gasteiger partial charge in [-0.1, -0.05) is 24.5 Å². The minimum atomic E-state index is -4.67. The summed E-state index contributed by atoms with van der Waals surface area (Å²) in [5.74, 6) is -4.51. The van der Waals surface area contributed by atoms with Crippen molar-refractivity contribution in [1.29, 1.82) is 0 Å². The van der Waals surface area contributed by atoms with Gasteiger partial charge < -0.3 is 9.47 Å². The van der Waals surface area contributed by atoms with Gasteiger partial charge in [0.25, 0.3) is 0 Å². The second kappa shape index (κ2) is 9.69. The minimum absolute atomic E-state index is 0.121. The lowest BCUT2D eigenvalue weighted by molar-refractivity contribution is -0.189. The molecule has 0 saturated heterocycles. The lowest BCUT2D eigenvalue weighted by Gasteiger charge is -2.19. The molecule has 0 radical (unpaired) electrons. The van der Waals surface area contributed by atoms with Gasteiger partial charge in [0, 0.05) is 23.3 Å². The molecule has 0 fully saturated rings. The summed E-state index contributed by atoms with van der Waals surface area (Å²) < 4.78 is 106. The zero-order valence-corrected chi connectivity index (χ0v) is 16.6. The average Bonchev–Trinajstić information content (AvgIpc) is 2.74. The Morgan fingerprint density at radius 2 is 1.30 bits per heavy atom. The van der Waals surface area contributed by atoms with Crippen LogP contribution in [-0.4, -0.2) is 6.61 Å². The highest BCUT2D eigenvalue weighted by Gasteiger charge is 2.41. The van der Waals surface area contributed by atoms with Crippen LogP contribution >= 0.6 is 0 Å². The van der Waals surface area contributed by atoms with Gasteiger partial charge in [-0.2, -0.15) is 8.78 Å². The van der Waals surface area contributed by atoms with Crippen molar-refractivity contribution in [3.05, 3.63) is 107 Å². The van der Waals surface area contributed by atoms with Crippen molar-refractivity contribution >= 4 is 0 Å². The Bertz CT molecular complexity index is 1200. The summed E-state index contributed by atoms with van der Waals surface area (Å²) in [6.07, 6.45) is -3.11. The van der Waals surface area contributed by atoms with Gasteiger partial charge in [-0.05, 0) is 36.4 Å². The quantitative estimate of drug-likeness (QED) is 0.179. The van der Waals surface area contributed by atoms with Crippen LogP contribution in [-0.2, 0) is 6.11 Å². The molecule has 0 aliphatic rings. The van der Waals surface area contributed by atoms with E-state index in [2.05, 4.69) is 23.2 Å². The van der Waals surface area contributed by atoms with Gasteiger partial charge >= 0.3 is 6.11 Å². The zero-order chi connectivity index (χ0) is 24.2. The van der Waals surface area contributed by atoms with Gasteiger partial charge in [0.1, 0.15) is 35.3 Å². The third-order valence-electron chi connectivity index (χ3n) is 4.11. The maximum atomic E-state index is 14.3. The topological polar surface area (TPSA) is 18.5 Å². The Labute approximate surface area is 183 Å². The molecule has 0 heterocycles. The number of alkyl halides is 2. The van der Waals surface area contributed by atoms with E-state index in [0.717, 1.165) is 0 Å². The molecule has 33 heavy (non-hydrogen) atoms. The van der Waals surface area contributed by atoms with Gasteiger partial charge in [-0.25, -0.2) is 22.0 Å². The number of rotatable bonds is 6. The molecule has 0 unspecified atom stereocenters. The largest absolute Gasteiger partial charge is 0.490 e. The summed E-state index contributed by atoms with van der Waals surface area (Å²) in [7, 11) is 0. The molecule has 0 N–H and O–H groups in total. The third kappa shape index (κ3) is 5.66. The third-order valence-corrected chi connectivity index (χ3v) is 4.11. The van der Waals surface area contributed by atoms with Crippen LogP contribution in [0.5, 0.6) is 11.5 Å². The van der Waals surface area contributed by atoms with Crippen molar-refractivity contribution in [1.82, 2.24) is 0 Å². The smallest absolute Gasteiger partial charge is 0.432 e. The van der Waals surface area contributed by atoms with Crippen molar-refractivity contribution < 1.29 is 40.2 Å². The molecule has 0 atom stereocenters. The first-order valence-corrected chi connectivity index (χ1v) is 9.17. The fraction of sp³-hybridized carbons (Fsp3) is 0.0833. The lowest BCUT2D eigenvalue weighted by Crippen LogP contribution is -2.25. The zero-order valence-electron chi connectivity index (χ0n) is 16.6. The summed E-state index contributed by atoms with van der Waals surface area (Å²) in [6, 6.07) is 7.72. The highest BCUT2D eigenvalue weighted by Crippen LogP contribution is 2.36. The normalized spacial score (nSPS) is 10.9. The first kappa shape index (κ1) is 23.7. The number of halogens is 7. The van der Waals surface area contributed by atoms with Crippen molar-refractivity contribution in [2.24, 2.45) is 0 Å². The Morgan fingerprint density at radius 3 is 1.85 bits per heavy atom. The standard InChI is InChI=1S/C24H13F7O2/c1-2-9-32-16-7-5-14(6-8-16)3-4-15-10-18(25)22(19(26)11-15)24(30,31)33-17-12-20(27)23(29)21(28)13-17/h2,5-8,10-13H,1,9H2. The van der Waals surface area contributed by atoms with Crippen molar-refractivity contribution in [2.75, 3.05) is 6.61 Å². The van der Waals surface area contributed by atoms with Crippen LogP contribution in [0.1, 0.15) is 16.7 Å². The predicted octanol–water partition coefficient (Wildman–Crippen LogP) is 6.48. The molecule has 0 bridgehead atoms. The molecule has 2 nitrogen and oxygen atoms in total. The Hall–Kier alpha value is -3.93. The summed E-state index contributed by atoms with van der Waals surface area (Å²) in [5, 5.41) is 0. The molecule has 9 heteroatoms. The SMILES string of the molecule is C=CCOc1ccc(C#Cc2cc(F)c(C(F)(F)Oc3cc(F)c(F)c(F)c3)c(F)c2)cc1. The molecule has 3 aromatic carbocycles. The molecular weight excluding hydrogens is 453 g/mol. The van der Waals surface area contributed by atoms with E-state index in [9.17, 15) is 30.7 Å². The average molecular weight is 466 g/mol. The van der Waals surface area contributed by atoms with Crippen LogP contribution in [0.25, 0.3) is 0 Å². The molecule has 0 aliphatic heterocycles. The summed E-state index contributed by atoms with van der Waals surface area (Å²) in [5.41, 5.74) is -1.60. The van der Waals surface area contributed by atoms with E-state index in [1.54, 1.807) is 30.3 Å². The maximum absolute atomic E-state index is 14.3. The molecule has 170 valence electrons. The molecular formula is C24H13F7O2. The second-order valence-corrected chi connectivity index (χ2v) is 6.51. The molecule has 0 saturated carbocycles. The van der Waals surface area contributed by atoms with Crippen molar-refractivity contribution in [3.63, 3.8) is 0 Å². The minimum Gasteiger partial charge on any atom is -0.490 e. The van der Waals surface area contributed by atoms with E-state index in [1.807, 2.05) is 0 Å². The summed E-state index contributed by atoms with van der Waals surface area (Å²) >= 11 is 0. The lowest BCUT2D eigenvalue weighted by atomic mass is 10.1. The van der Waals surface area contributed by atoms with E-state index < -0.39 is 46.5 Å².